The maximum absolute atomic E-state index is 12.9. The number of carbonyl (C=O) groups is 1. The average Bonchev–Trinajstić information content (AvgIpc) is 2.13. The van der Waals surface area contributed by atoms with Gasteiger partial charge < -0.3 is 4.74 Å². The normalized spacial score (nSPS) is 10.4. The summed E-state index contributed by atoms with van der Waals surface area (Å²) in [6.45, 7) is -1.81. The van der Waals surface area contributed by atoms with Crippen molar-refractivity contribution in [2.45, 2.75) is 13.5 Å². The third-order valence-corrected chi connectivity index (χ3v) is 1.70. The number of halogens is 3. The number of aldehydes is 1. The van der Waals surface area contributed by atoms with Crippen LogP contribution in [0.2, 0.25) is 0 Å². The highest BCUT2D eigenvalue weighted by atomic mass is 19.3. The van der Waals surface area contributed by atoms with E-state index in [0.717, 1.165) is 12.1 Å². The molecule has 0 N–H and O–H groups in total. The molecule has 1 aromatic rings. The summed E-state index contributed by atoms with van der Waals surface area (Å²) >= 11 is 0. The van der Waals surface area contributed by atoms with Crippen molar-refractivity contribution in [3.05, 3.63) is 29.1 Å². The van der Waals surface area contributed by atoms with Gasteiger partial charge in [-0.15, -0.1) is 0 Å². The van der Waals surface area contributed by atoms with E-state index < -0.39 is 18.2 Å². The van der Waals surface area contributed by atoms with Crippen LogP contribution in [0.1, 0.15) is 15.9 Å². The van der Waals surface area contributed by atoms with Crippen LogP contribution in [0.5, 0.6) is 5.75 Å². The Morgan fingerprint density at radius 3 is 2.57 bits per heavy atom. The van der Waals surface area contributed by atoms with Gasteiger partial charge in [-0.25, -0.2) is 4.39 Å². The highest BCUT2D eigenvalue weighted by Crippen LogP contribution is 2.26. The van der Waals surface area contributed by atoms with E-state index in [0.29, 0.717) is 6.29 Å². The molecule has 0 saturated heterocycles. The van der Waals surface area contributed by atoms with Gasteiger partial charge in [0.1, 0.15) is 11.6 Å². The molecule has 1 aromatic carbocycles. The Labute approximate surface area is 78.3 Å². The van der Waals surface area contributed by atoms with Crippen LogP contribution in [0.3, 0.4) is 0 Å². The van der Waals surface area contributed by atoms with Crippen molar-refractivity contribution >= 4 is 6.29 Å². The lowest BCUT2D eigenvalue weighted by molar-refractivity contribution is -0.0506. The van der Waals surface area contributed by atoms with Crippen molar-refractivity contribution in [3.8, 4) is 5.75 Å². The molecule has 14 heavy (non-hydrogen) atoms. The van der Waals surface area contributed by atoms with Gasteiger partial charge in [0.05, 0.1) is 5.56 Å². The molecule has 0 saturated carbocycles. The standard InChI is InChI=1S/C9H7F3O2/c1-5-7(10)3-2-6(4-13)8(5)14-9(11)12/h2-4,9H,1H3. The predicted octanol–water partition coefficient (Wildman–Crippen LogP) is 2.55. The van der Waals surface area contributed by atoms with Gasteiger partial charge in [0.2, 0.25) is 0 Å². The highest BCUT2D eigenvalue weighted by molar-refractivity contribution is 5.80. The van der Waals surface area contributed by atoms with Gasteiger partial charge in [-0.2, -0.15) is 8.78 Å². The molecule has 5 heteroatoms. The summed E-state index contributed by atoms with van der Waals surface area (Å²) in [5.74, 6) is -1.10. The zero-order valence-corrected chi connectivity index (χ0v) is 7.26. The number of hydrogen-bond acceptors (Lipinski definition) is 2. The first-order valence-corrected chi connectivity index (χ1v) is 3.75. The van der Waals surface area contributed by atoms with E-state index in [-0.39, 0.29) is 11.1 Å². The largest absolute Gasteiger partial charge is 0.434 e. The molecule has 0 aliphatic carbocycles. The van der Waals surface area contributed by atoms with Crippen LogP contribution in [-0.4, -0.2) is 12.9 Å². The topological polar surface area (TPSA) is 26.3 Å². The minimum absolute atomic E-state index is 0.0933. The monoisotopic (exact) mass is 204 g/mol. The molecule has 0 bridgehead atoms. The fourth-order valence-corrected chi connectivity index (χ4v) is 1.03. The van der Waals surface area contributed by atoms with Crippen LogP contribution in [0.25, 0.3) is 0 Å². The second-order valence-corrected chi connectivity index (χ2v) is 2.59. The van der Waals surface area contributed by atoms with E-state index in [1.54, 1.807) is 0 Å². The Balaban J connectivity index is 3.20. The van der Waals surface area contributed by atoms with Crippen LogP contribution in [0.15, 0.2) is 12.1 Å². The van der Waals surface area contributed by atoms with Crippen molar-refractivity contribution in [1.82, 2.24) is 0 Å². The number of alkyl halides is 2. The van der Waals surface area contributed by atoms with Gasteiger partial charge in [0, 0.05) is 5.56 Å². The van der Waals surface area contributed by atoms with E-state index >= 15 is 0 Å². The van der Waals surface area contributed by atoms with E-state index in [9.17, 15) is 18.0 Å². The minimum atomic E-state index is -3.07. The lowest BCUT2D eigenvalue weighted by Gasteiger charge is -2.10. The van der Waals surface area contributed by atoms with E-state index in [1.807, 2.05) is 0 Å². The van der Waals surface area contributed by atoms with Gasteiger partial charge in [-0.1, -0.05) is 0 Å². The Hall–Kier alpha value is -1.52. The first-order valence-electron chi connectivity index (χ1n) is 3.75. The molecule has 0 aromatic heterocycles. The van der Waals surface area contributed by atoms with E-state index in [1.165, 1.54) is 6.92 Å². The number of rotatable bonds is 3. The molecular formula is C9H7F3O2. The maximum Gasteiger partial charge on any atom is 0.387 e. The fraction of sp³-hybridized carbons (Fsp3) is 0.222. The Morgan fingerprint density at radius 2 is 2.07 bits per heavy atom. The van der Waals surface area contributed by atoms with Crippen LogP contribution in [-0.2, 0) is 0 Å². The molecular weight excluding hydrogens is 197 g/mol. The molecule has 0 radical (unpaired) electrons. The van der Waals surface area contributed by atoms with Crippen LogP contribution < -0.4 is 4.74 Å². The molecule has 0 heterocycles. The molecule has 0 unspecified atom stereocenters. The zero-order chi connectivity index (χ0) is 10.7. The second kappa shape index (κ2) is 4.13. The van der Waals surface area contributed by atoms with Crippen molar-refractivity contribution < 1.29 is 22.7 Å². The number of hydrogen-bond donors (Lipinski definition) is 0. The van der Waals surface area contributed by atoms with Gasteiger partial charge in [-0.3, -0.25) is 4.79 Å². The van der Waals surface area contributed by atoms with Gasteiger partial charge in [0.15, 0.2) is 6.29 Å². The van der Waals surface area contributed by atoms with E-state index in [2.05, 4.69) is 4.74 Å². The fourth-order valence-electron chi connectivity index (χ4n) is 1.03. The second-order valence-electron chi connectivity index (χ2n) is 2.59. The molecule has 0 spiro atoms. The summed E-state index contributed by atoms with van der Waals surface area (Å²) in [6.07, 6.45) is 0.337. The molecule has 0 fully saturated rings. The first-order chi connectivity index (χ1) is 6.56. The molecule has 0 aliphatic heterocycles. The third kappa shape index (κ3) is 2.04. The molecule has 0 amide bonds. The van der Waals surface area contributed by atoms with Gasteiger partial charge >= 0.3 is 6.61 Å². The molecule has 2 nitrogen and oxygen atoms in total. The molecule has 1 rings (SSSR count). The lowest BCUT2D eigenvalue weighted by atomic mass is 10.1. The van der Waals surface area contributed by atoms with Crippen molar-refractivity contribution in [1.29, 1.82) is 0 Å². The summed E-state index contributed by atoms with van der Waals surface area (Å²) in [4.78, 5) is 10.4. The Bertz CT molecular complexity index is 350. The van der Waals surface area contributed by atoms with E-state index in [4.69, 9.17) is 0 Å². The average molecular weight is 204 g/mol. The summed E-state index contributed by atoms with van der Waals surface area (Å²) in [5, 5.41) is 0. The summed E-state index contributed by atoms with van der Waals surface area (Å²) in [7, 11) is 0. The van der Waals surface area contributed by atoms with Gasteiger partial charge in [0.25, 0.3) is 0 Å². The quantitative estimate of drug-likeness (QED) is 0.707. The third-order valence-electron chi connectivity index (χ3n) is 1.70. The smallest absolute Gasteiger partial charge is 0.387 e. The van der Waals surface area contributed by atoms with Crippen LogP contribution in [0.4, 0.5) is 13.2 Å². The summed E-state index contributed by atoms with van der Waals surface area (Å²) in [5.41, 5.74) is -0.195. The molecule has 76 valence electrons. The summed E-state index contributed by atoms with van der Waals surface area (Å²) in [6, 6.07) is 2.12. The highest BCUT2D eigenvalue weighted by Gasteiger charge is 2.14. The van der Waals surface area contributed by atoms with Crippen molar-refractivity contribution in [3.63, 3.8) is 0 Å². The molecule has 0 atom stereocenters. The van der Waals surface area contributed by atoms with Gasteiger partial charge in [-0.05, 0) is 19.1 Å². The minimum Gasteiger partial charge on any atom is -0.434 e. The lowest BCUT2D eigenvalue weighted by Crippen LogP contribution is -2.06. The zero-order valence-electron chi connectivity index (χ0n) is 7.26. The van der Waals surface area contributed by atoms with Crippen LogP contribution >= 0.6 is 0 Å². The summed E-state index contributed by atoms with van der Waals surface area (Å²) < 4.78 is 40.7. The number of ether oxygens (including phenoxy) is 1. The Morgan fingerprint density at radius 1 is 1.43 bits per heavy atom. The number of carbonyl (C=O) groups excluding carboxylic acids is 1. The first kappa shape index (κ1) is 10.6. The van der Waals surface area contributed by atoms with Crippen molar-refractivity contribution in [2.24, 2.45) is 0 Å². The molecule has 0 aliphatic rings. The van der Waals surface area contributed by atoms with Crippen molar-refractivity contribution in [2.75, 3.05) is 0 Å². The Kier molecular flexibility index (Phi) is 3.11. The van der Waals surface area contributed by atoms with Crippen LogP contribution in [0, 0.1) is 12.7 Å². The number of benzene rings is 1. The maximum atomic E-state index is 12.9. The SMILES string of the molecule is Cc1c(F)ccc(C=O)c1OC(F)F. The predicted molar refractivity (Wildman–Crippen MR) is 43.2 cm³/mol.